The number of amides is 1. The molecule has 0 aromatic heterocycles. The minimum atomic E-state index is -0.306. The molecule has 2 aromatic carbocycles. The van der Waals surface area contributed by atoms with Crippen LogP contribution in [0, 0.1) is 0 Å². The molecule has 152 valence electrons. The normalized spacial score (nSPS) is 11.4. The summed E-state index contributed by atoms with van der Waals surface area (Å²) < 4.78 is 5.67. The minimum absolute atomic E-state index is 0.0398. The number of hydrogen-bond donors (Lipinski definition) is 1. The summed E-state index contributed by atoms with van der Waals surface area (Å²) >= 11 is 21.7. The molecule has 0 radical (unpaired) electrons. The van der Waals surface area contributed by atoms with Crippen molar-refractivity contribution in [1.82, 2.24) is 5.32 Å². The van der Waals surface area contributed by atoms with Gasteiger partial charge < -0.3 is 10.1 Å². The first kappa shape index (κ1) is 23.3. The van der Waals surface area contributed by atoms with Gasteiger partial charge in [0.25, 0.3) is 0 Å². The van der Waals surface area contributed by atoms with Crippen molar-refractivity contribution >= 4 is 56.6 Å². The number of carbonyl (C=O) groups excluding carboxylic acids is 1. The first-order valence-electron chi connectivity index (χ1n) is 8.90. The van der Waals surface area contributed by atoms with Crippen LogP contribution in [0.5, 0.6) is 5.75 Å². The van der Waals surface area contributed by atoms with Crippen LogP contribution < -0.4 is 10.1 Å². The summed E-state index contributed by atoms with van der Waals surface area (Å²) in [4.78, 5) is 11.4. The van der Waals surface area contributed by atoms with Crippen molar-refractivity contribution in [1.29, 1.82) is 0 Å². The monoisotopic (exact) mass is 505 g/mol. The van der Waals surface area contributed by atoms with E-state index in [2.05, 4.69) is 47.2 Å². The zero-order valence-electron chi connectivity index (χ0n) is 15.8. The summed E-state index contributed by atoms with van der Waals surface area (Å²) in [5.41, 5.74) is 2.84. The minimum Gasteiger partial charge on any atom is -0.490 e. The highest BCUT2D eigenvalue weighted by molar-refractivity contribution is 9.09. The topological polar surface area (TPSA) is 38.3 Å². The predicted octanol–water partition coefficient (Wildman–Crippen LogP) is 6.34. The van der Waals surface area contributed by atoms with Gasteiger partial charge >= 0.3 is 0 Å². The fourth-order valence-electron chi connectivity index (χ4n) is 2.74. The van der Waals surface area contributed by atoms with Gasteiger partial charge in [-0.2, -0.15) is 0 Å². The van der Waals surface area contributed by atoms with Crippen molar-refractivity contribution in [2.75, 3.05) is 17.8 Å². The summed E-state index contributed by atoms with van der Waals surface area (Å²) in [6.07, 6.45) is 0.726. The summed E-state index contributed by atoms with van der Waals surface area (Å²) in [5.74, 6) is 0.976. The molecule has 2 rings (SSSR count). The summed E-state index contributed by atoms with van der Waals surface area (Å²) in [5, 5.41) is 4.11. The highest BCUT2D eigenvalue weighted by Crippen LogP contribution is 2.40. The van der Waals surface area contributed by atoms with E-state index in [-0.39, 0.29) is 11.3 Å². The Hall–Kier alpha value is -0.940. The molecule has 1 amide bonds. The second-order valence-electron chi connectivity index (χ2n) is 6.89. The number of benzene rings is 2. The van der Waals surface area contributed by atoms with E-state index in [1.165, 1.54) is 0 Å². The van der Waals surface area contributed by atoms with Gasteiger partial charge in [-0.25, -0.2) is 0 Å². The van der Waals surface area contributed by atoms with Crippen molar-refractivity contribution in [2.24, 2.45) is 0 Å². The van der Waals surface area contributed by atoms with Gasteiger partial charge in [0.2, 0.25) is 5.91 Å². The van der Waals surface area contributed by atoms with Gasteiger partial charge in [0.15, 0.2) is 5.75 Å². The predicted molar refractivity (Wildman–Crippen MR) is 122 cm³/mol. The van der Waals surface area contributed by atoms with Crippen LogP contribution in [0.1, 0.15) is 37.0 Å². The fraction of sp³-hybridized carbons (Fsp3) is 0.381. The maximum atomic E-state index is 11.4. The maximum Gasteiger partial charge on any atom is 0.230 e. The molecule has 3 nitrogen and oxygen atoms in total. The summed E-state index contributed by atoms with van der Waals surface area (Å²) in [6.45, 7) is 5.20. The van der Waals surface area contributed by atoms with E-state index in [4.69, 9.17) is 39.5 Å². The molecule has 0 atom stereocenters. The smallest absolute Gasteiger partial charge is 0.230 e. The fourth-order valence-corrected chi connectivity index (χ4v) is 3.64. The molecule has 0 saturated carbocycles. The molecule has 28 heavy (non-hydrogen) atoms. The molecule has 0 aliphatic rings. The molecule has 0 fully saturated rings. The quantitative estimate of drug-likeness (QED) is 0.318. The first-order valence-corrected chi connectivity index (χ1v) is 11.3. The Labute approximate surface area is 189 Å². The number of rotatable bonds is 9. The van der Waals surface area contributed by atoms with Crippen LogP contribution in [-0.2, 0) is 16.8 Å². The Morgan fingerprint density at radius 2 is 1.71 bits per heavy atom. The average molecular weight is 508 g/mol. The van der Waals surface area contributed by atoms with E-state index in [0.29, 0.717) is 40.2 Å². The number of halogens is 4. The molecular formula is C21H23BrCl3NO2. The van der Waals surface area contributed by atoms with Gasteiger partial charge in [0, 0.05) is 17.8 Å². The summed E-state index contributed by atoms with van der Waals surface area (Å²) in [7, 11) is 0. The molecule has 0 aliphatic carbocycles. The first-order chi connectivity index (χ1) is 13.3. The van der Waals surface area contributed by atoms with Gasteiger partial charge in [-0.15, -0.1) is 11.6 Å². The Morgan fingerprint density at radius 1 is 1.11 bits per heavy atom. The van der Waals surface area contributed by atoms with E-state index < -0.39 is 0 Å². The highest BCUT2D eigenvalue weighted by atomic mass is 79.9. The molecule has 0 spiro atoms. The van der Waals surface area contributed by atoms with E-state index in [1.54, 1.807) is 0 Å². The van der Waals surface area contributed by atoms with Gasteiger partial charge in [-0.05, 0) is 35.2 Å². The third-order valence-electron chi connectivity index (χ3n) is 4.53. The van der Waals surface area contributed by atoms with Crippen LogP contribution in [-0.4, -0.2) is 23.7 Å². The number of alkyl halides is 2. The molecule has 0 aliphatic heterocycles. The highest BCUT2D eigenvalue weighted by Gasteiger charge is 2.25. The van der Waals surface area contributed by atoms with E-state index in [9.17, 15) is 4.79 Å². The van der Waals surface area contributed by atoms with Crippen molar-refractivity contribution in [3.63, 3.8) is 0 Å². The Morgan fingerprint density at radius 3 is 2.25 bits per heavy atom. The zero-order chi connectivity index (χ0) is 20.7. The third-order valence-corrected chi connectivity index (χ3v) is 5.87. The second kappa shape index (κ2) is 10.7. The lowest BCUT2D eigenvalue weighted by atomic mass is 9.78. The lowest BCUT2D eigenvalue weighted by Gasteiger charge is -2.27. The molecule has 0 unspecified atom stereocenters. The Kier molecular flexibility index (Phi) is 8.94. The second-order valence-corrected chi connectivity index (χ2v) is 8.65. The third kappa shape index (κ3) is 6.03. The molecule has 2 aromatic rings. The van der Waals surface area contributed by atoms with Crippen molar-refractivity contribution in [2.45, 2.75) is 32.2 Å². The van der Waals surface area contributed by atoms with Crippen molar-refractivity contribution < 1.29 is 9.53 Å². The largest absolute Gasteiger partial charge is 0.490 e. The number of ether oxygens (including phenoxy) is 1. The summed E-state index contributed by atoms with van der Waals surface area (Å²) in [6, 6.07) is 11.9. The van der Waals surface area contributed by atoms with Crippen molar-refractivity contribution in [3.8, 4) is 5.75 Å². The lowest BCUT2D eigenvalue weighted by molar-refractivity contribution is -0.118. The average Bonchev–Trinajstić information content (AvgIpc) is 2.68. The van der Waals surface area contributed by atoms with E-state index in [1.807, 2.05) is 24.3 Å². The lowest BCUT2D eigenvalue weighted by Crippen LogP contribution is -2.23. The molecular weight excluding hydrogens is 484 g/mol. The standard InChI is InChI=1S/C21H23BrCl3NO2/c1-21(2,15-6-4-14(5-7-15)13-26-19(27)12-22)16-10-17(24)20(18(25)11-16)28-9-3-8-23/h4-7,10-11H,3,8-9,12-13H2,1-2H3,(H,26,27). The van der Waals surface area contributed by atoms with Crippen LogP contribution in [0.2, 0.25) is 10.0 Å². The Bertz CT molecular complexity index is 787. The van der Waals surface area contributed by atoms with Crippen LogP contribution in [0.4, 0.5) is 0 Å². The SMILES string of the molecule is CC(C)(c1ccc(CNC(=O)CBr)cc1)c1cc(Cl)c(OCCCCl)c(Cl)c1. The van der Waals surface area contributed by atoms with E-state index >= 15 is 0 Å². The van der Waals surface area contributed by atoms with Crippen LogP contribution in [0.15, 0.2) is 36.4 Å². The number of carbonyl (C=O) groups is 1. The van der Waals surface area contributed by atoms with Crippen LogP contribution >= 0.6 is 50.7 Å². The molecule has 0 saturated heterocycles. The molecule has 7 heteroatoms. The molecule has 0 bridgehead atoms. The van der Waals surface area contributed by atoms with Crippen LogP contribution in [0.3, 0.4) is 0 Å². The van der Waals surface area contributed by atoms with Gasteiger partial charge in [0.1, 0.15) is 0 Å². The zero-order valence-corrected chi connectivity index (χ0v) is 19.7. The number of nitrogens with one attached hydrogen (secondary N) is 1. The molecule has 1 N–H and O–H groups in total. The molecule has 0 heterocycles. The van der Waals surface area contributed by atoms with Crippen molar-refractivity contribution in [3.05, 3.63) is 63.1 Å². The van der Waals surface area contributed by atoms with Gasteiger partial charge in [0.05, 0.1) is 22.0 Å². The maximum absolute atomic E-state index is 11.4. The van der Waals surface area contributed by atoms with E-state index in [0.717, 1.165) is 23.1 Å². The van der Waals surface area contributed by atoms with Gasteiger partial charge in [-0.1, -0.05) is 77.2 Å². The number of hydrogen-bond acceptors (Lipinski definition) is 2. The van der Waals surface area contributed by atoms with Crippen LogP contribution in [0.25, 0.3) is 0 Å². The Balaban J connectivity index is 2.20. The van der Waals surface area contributed by atoms with Gasteiger partial charge in [-0.3, -0.25) is 4.79 Å².